The first-order chi connectivity index (χ1) is 5.20. The van der Waals surface area contributed by atoms with E-state index < -0.39 is 0 Å². The quantitative estimate of drug-likeness (QED) is 0.688. The maximum Gasteiger partial charge on any atom is 0.221 e. The van der Waals surface area contributed by atoms with Crippen LogP contribution in [0.15, 0.2) is 0 Å². The maximum atomic E-state index is 11.0. The summed E-state index contributed by atoms with van der Waals surface area (Å²) in [5, 5.41) is 2.91. The molecule has 0 aromatic heterocycles. The van der Waals surface area contributed by atoms with Crippen molar-refractivity contribution in [1.82, 2.24) is 5.32 Å². The van der Waals surface area contributed by atoms with E-state index in [2.05, 4.69) is 12.2 Å². The molecule has 0 saturated heterocycles. The molecule has 11 heavy (non-hydrogen) atoms. The molecule has 0 aliphatic carbocycles. The summed E-state index contributed by atoms with van der Waals surface area (Å²) < 4.78 is 0. The van der Waals surface area contributed by atoms with Crippen LogP contribution in [-0.2, 0) is 4.79 Å². The van der Waals surface area contributed by atoms with E-state index in [0.717, 1.165) is 12.2 Å². The molecular formula is C8H17NOS. The summed E-state index contributed by atoms with van der Waals surface area (Å²) in [7, 11) is 0. The number of nitrogens with one attached hydrogen (secondary N) is 1. The van der Waals surface area contributed by atoms with E-state index in [1.165, 1.54) is 0 Å². The van der Waals surface area contributed by atoms with E-state index in [4.69, 9.17) is 0 Å². The van der Waals surface area contributed by atoms with Gasteiger partial charge in [0.05, 0.1) is 0 Å². The van der Waals surface area contributed by atoms with Gasteiger partial charge in [0.1, 0.15) is 0 Å². The third kappa shape index (κ3) is 6.23. The van der Waals surface area contributed by atoms with Crippen LogP contribution in [0.3, 0.4) is 0 Å². The maximum absolute atomic E-state index is 11.0. The van der Waals surface area contributed by atoms with Crippen LogP contribution in [0.25, 0.3) is 0 Å². The monoisotopic (exact) mass is 175 g/mol. The van der Waals surface area contributed by atoms with Crippen LogP contribution >= 0.6 is 11.8 Å². The molecule has 0 aliphatic rings. The average molecular weight is 175 g/mol. The molecule has 0 bridgehead atoms. The Kier molecular flexibility index (Phi) is 6.42. The lowest BCUT2D eigenvalue weighted by atomic mass is 10.2. The fourth-order valence-electron chi connectivity index (χ4n) is 0.644. The second-order valence-electron chi connectivity index (χ2n) is 2.62. The number of carbonyl (C=O) groups excluding carboxylic acids is 1. The highest BCUT2D eigenvalue weighted by Gasteiger charge is 2.03. The second-order valence-corrected chi connectivity index (χ2v) is 3.61. The fourth-order valence-corrected chi connectivity index (χ4v) is 1.03. The minimum atomic E-state index is 0.175. The second kappa shape index (κ2) is 6.53. The highest BCUT2D eigenvalue weighted by Crippen LogP contribution is 1.96. The molecule has 1 unspecified atom stereocenters. The van der Waals surface area contributed by atoms with Gasteiger partial charge in [-0.3, -0.25) is 4.79 Å². The lowest BCUT2D eigenvalue weighted by Crippen LogP contribution is -2.31. The van der Waals surface area contributed by atoms with Gasteiger partial charge in [0.2, 0.25) is 5.91 Å². The molecule has 0 aromatic rings. The smallest absolute Gasteiger partial charge is 0.221 e. The van der Waals surface area contributed by atoms with Crippen molar-refractivity contribution in [2.45, 2.75) is 32.7 Å². The van der Waals surface area contributed by atoms with E-state index >= 15 is 0 Å². The predicted octanol–water partition coefficient (Wildman–Crippen LogP) is 1.65. The molecule has 3 heteroatoms. The zero-order valence-electron chi connectivity index (χ0n) is 7.52. The minimum absolute atomic E-state index is 0.175. The molecule has 0 rings (SSSR count). The summed E-state index contributed by atoms with van der Waals surface area (Å²) in [6, 6.07) is 0.323. The first-order valence-electron chi connectivity index (χ1n) is 3.99. The first kappa shape index (κ1) is 10.8. The standard InChI is InChI=1S/C8H17NOS/c1-4-7(2)9-8(10)5-6-11-3/h7H,4-6H2,1-3H3,(H,9,10). The molecule has 0 aromatic carbocycles. The number of thioether (sulfide) groups is 1. The average Bonchev–Trinajstić information content (AvgIpc) is 2.00. The van der Waals surface area contributed by atoms with Gasteiger partial charge < -0.3 is 5.32 Å². The zero-order valence-corrected chi connectivity index (χ0v) is 8.33. The van der Waals surface area contributed by atoms with Crippen LogP contribution in [0.1, 0.15) is 26.7 Å². The van der Waals surface area contributed by atoms with Gasteiger partial charge in [0.25, 0.3) is 0 Å². The lowest BCUT2D eigenvalue weighted by Gasteiger charge is -2.10. The van der Waals surface area contributed by atoms with E-state index in [-0.39, 0.29) is 5.91 Å². The summed E-state index contributed by atoms with van der Waals surface area (Å²) in [5.74, 6) is 1.09. The molecule has 1 amide bonds. The predicted molar refractivity (Wildman–Crippen MR) is 50.9 cm³/mol. The summed E-state index contributed by atoms with van der Waals surface area (Å²) in [6.07, 6.45) is 3.66. The third-order valence-electron chi connectivity index (χ3n) is 1.55. The molecule has 1 N–H and O–H groups in total. The van der Waals surface area contributed by atoms with Crippen molar-refractivity contribution in [3.63, 3.8) is 0 Å². The van der Waals surface area contributed by atoms with Crippen molar-refractivity contribution in [1.29, 1.82) is 0 Å². The van der Waals surface area contributed by atoms with E-state index in [1.807, 2.05) is 13.2 Å². The molecule has 0 spiro atoms. The summed E-state index contributed by atoms with van der Waals surface area (Å²) in [4.78, 5) is 11.0. The van der Waals surface area contributed by atoms with E-state index in [0.29, 0.717) is 12.5 Å². The molecule has 1 atom stereocenters. The van der Waals surface area contributed by atoms with Crippen LogP contribution in [0.5, 0.6) is 0 Å². The van der Waals surface area contributed by atoms with Gasteiger partial charge in [-0.05, 0) is 19.6 Å². The van der Waals surface area contributed by atoms with Gasteiger partial charge in [-0.15, -0.1) is 0 Å². The van der Waals surface area contributed by atoms with Crippen LogP contribution in [0.4, 0.5) is 0 Å². The van der Waals surface area contributed by atoms with Crippen molar-refractivity contribution >= 4 is 17.7 Å². The van der Waals surface area contributed by atoms with Crippen LogP contribution in [0.2, 0.25) is 0 Å². The molecule has 0 radical (unpaired) electrons. The zero-order chi connectivity index (χ0) is 8.69. The summed E-state index contributed by atoms with van der Waals surface area (Å²) in [5.41, 5.74) is 0. The number of hydrogen-bond acceptors (Lipinski definition) is 2. The molecule has 2 nitrogen and oxygen atoms in total. The van der Waals surface area contributed by atoms with Gasteiger partial charge in [0.15, 0.2) is 0 Å². The SMILES string of the molecule is CCC(C)NC(=O)CCSC. The van der Waals surface area contributed by atoms with Crippen molar-refractivity contribution in [3.8, 4) is 0 Å². The first-order valence-corrected chi connectivity index (χ1v) is 5.38. The van der Waals surface area contributed by atoms with Crippen molar-refractivity contribution in [3.05, 3.63) is 0 Å². The Hall–Kier alpha value is -0.180. The number of rotatable bonds is 5. The Morgan fingerprint density at radius 3 is 2.73 bits per heavy atom. The van der Waals surface area contributed by atoms with Crippen molar-refractivity contribution in [2.75, 3.05) is 12.0 Å². The fraction of sp³-hybridized carbons (Fsp3) is 0.875. The highest BCUT2D eigenvalue weighted by atomic mass is 32.2. The van der Waals surface area contributed by atoms with Gasteiger partial charge in [-0.2, -0.15) is 11.8 Å². The van der Waals surface area contributed by atoms with Crippen molar-refractivity contribution < 1.29 is 4.79 Å². The molecular weight excluding hydrogens is 158 g/mol. The largest absolute Gasteiger partial charge is 0.354 e. The Labute approximate surface area is 73.1 Å². The lowest BCUT2D eigenvalue weighted by molar-refractivity contribution is -0.121. The van der Waals surface area contributed by atoms with E-state index in [9.17, 15) is 4.79 Å². The van der Waals surface area contributed by atoms with Crippen LogP contribution in [-0.4, -0.2) is 24.0 Å². The number of hydrogen-bond donors (Lipinski definition) is 1. The summed E-state index contributed by atoms with van der Waals surface area (Å²) >= 11 is 1.70. The Morgan fingerprint density at radius 2 is 2.27 bits per heavy atom. The van der Waals surface area contributed by atoms with Gasteiger partial charge >= 0.3 is 0 Å². The number of amides is 1. The highest BCUT2D eigenvalue weighted by molar-refractivity contribution is 7.98. The molecule has 0 heterocycles. The summed E-state index contributed by atoms with van der Waals surface area (Å²) in [6.45, 7) is 4.09. The normalized spacial score (nSPS) is 12.6. The third-order valence-corrected chi connectivity index (χ3v) is 2.17. The number of carbonyl (C=O) groups is 1. The topological polar surface area (TPSA) is 29.1 Å². The molecule has 0 fully saturated rings. The minimum Gasteiger partial charge on any atom is -0.354 e. The van der Waals surface area contributed by atoms with Gasteiger partial charge in [-0.25, -0.2) is 0 Å². The van der Waals surface area contributed by atoms with E-state index in [1.54, 1.807) is 11.8 Å². The molecule has 66 valence electrons. The molecule has 0 saturated carbocycles. The van der Waals surface area contributed by atoms with Gasteiger partial charge in [-0.1, -0.05) is 6.92 Å². The van der Waals surface area contributed by atoms with Crippen LogP contribution < -0.4 is 5.32 Å². The Morgan fingerprint density at radius 1 is 1.64 bits per heavy atom. The Balaban J connectivity index is 3.36. The Bertz CT molecular complexity index is 117. The van der Waals surface area contributed by atoms with Gasteiger partial charge in [0, 0.05) is 18.2 Å². The van der Waals surface area contributed by atoms with Crippen LogP contribution in [0, 0.1) is 0 Å². The molecule has 0 aliphatic heterocycles. The van der Waals surface area contributed by atoms with Crippen molar-refractivity contribution in [2.24, 2.45) is 0 Å².